The first-order valence-corrected chi connectivity index (χ1v) is 7.63. The van der Waals surface area contributed by atoms with Crippen molar-refractivity contribution in [2.24, 2.45) is 5.92 Å². The van der Waals surface area contributed by atoms with Gasteiger partial charge in [0.05, 0.1) is 13.0 Å². The molecule has 2 rings (SSSR count). The van der Waals surface area contributed by atoms with Gasteiger partial charge in [-0.3, -0.25) is 9.59 Å². The van der Waals surface area contributed by atoms with Crippen LogP contribution in [0, 0.1) is 5.92 Å². The predicted molar refractivity (Wildman–Crippen MR) is 81.0 cm³/mol. The van der Waals surface area contributed by atoms with E-state index in [-0.39, 0.29) is 24.4 Å². The molecule has 0 aromatic heterocycles. The summed E-state index contributed by atoms with van der Waals surface area (Å²) in [6, 6.07) is 7.37. The third-order valence-corrected chi connectivity index (χ3v) is 4.03. The first-order valence-electron chi connectivity index (χ1n) is 6.84. The predicted octanol–water partition coefficient (Wildman–Crippen LogP) is 2.24. The lowest BCUT2D eigenvalue weighted by atomic mass is 9.97. The van der Waals surface area contributed by atoms with Gasteiger partial charge in [-0.25, -0.2) is 0 Å². The third-order valence-electron chi connectivity index (χ3n) is 3.54. The Bertz CT molecular complexity index is 512. The number of carbonyl (C=O) groups is 2. The summed E-state index contributed by atoms with van der Waals surface area (Å²) in [6.45, 7) is 1.15. The van der Waals surface area contributed by atoms with E-state index in [1.165, 1.54) is 7.11 Å². The van der Waals surface area contributed by atoms with Crippen LogP contribution in [0.3, 0.4) is 0 Å². The molecule has 0 atom stereocenters. The fourth-order valence-electron chi connectivity index (χ4n) is 2.32. The Morgan fingerprint density at radius 3 is 2.67 bits per heavy atom. The highest BCUT2D eigenvalue weighted by Gasteiger charge is 2.27. The van der Waals surface area contributed by atoms with Gasteiger partial charge >= 0.3 is 5.97 Å². The molecule has 0 saturated carbocycles. The van der Waals surface area contributed by atoms with Crippen LogP contribution in [-0.4, -0.2) is 43.6 Å². The molecule has 1 aromatic rings. The van der Waals surface area contributed by atoms with E-state index < -0.39 is 0 Å². The topological polar surface area (TPSA) is 55.8 Å². The number of halogens is 1. The van der Waals surface area contributed by atoms with Gasteiger partial charge in [0, 0.05) is 17.6 Å². The van der Waals surface area contributed by atoms with Crippen molar-refractivity contribution in [1.82, 2.24) is 4.90 Å². The van der Waals surface area contributed by atoms with Gasteiger partial charge in [0.2, 0.25) is 0 Å². The second kappa shape index (κ2) is 7.45. The van der Waals surface area contributed by atoms with Gasteiger partial charge in [-0.1, -0.05) is 22.0 Å². The Kier molecular flexibility index (Phi) is 5.61. The zero-order valence-electron chi connectivity index (χ0n) is 11.9. The maximum Gasteiger partial charge on any atom is 0.308 e. The lowest BCUT2D eigenvalue weighted by Gasteiger charge is -2.30. The number of hydrogen-bond donors (Lipinski definition) is 0. The molecule has 0 bridgehead atoms. The zero-order valence-corrected chi connectivity index (χ0v) is 13.5. The number of likely N-dealkylation sites (tertiary alicyclic amines) is 1. The van der Waals surface area contributed by atoms with E-state index in [0.29, 0.717) is 31.7 Å². The van der Waals surface area contributed by atoms with E-state index >= 15 is 0 Å². The van der Waals surface area contributed by atoms with Gasteiger partial charge in [0.15, 0.2) is 6.61 Å². The quantitative estimate of drug-likeness (QED) is 0.777. The first kappa shape index (κ1) is 15.8. The highest BCUT2D eigenvalue weighted by Crippen LogP contribution is 2.20. The number of carbonyl (C=O) groups excluding carboxylic acids is 2. The van der Waals surface area contributed by atoms with Gasteiger partial charge in [0.1, 0.15) is 5.75 Å². The van der Waals surface area contributed by atoms with Crippen LogP contribution in [0.2, 0.25) is 0 Å². The summed E-state index contributed by atoms with van der Waals surface area (Å²) in [4.78, 5) is 25.2. The molecular formula is C15H18BrNO4. The number of nitrogens with zero attached hydrogens (tertiary/aromatic N) is 1. The summed E-state index contributed by atoms with van der Waals surface area (Å²) in [5, 5.41) is 0. The molecule has 0 unspecified atom stereocenters. The Morgan fingerprint density at radius 2 is 2.05 bits per heavy atom. The van der Waals surface area contributed by atoms with Crippen molar-refractivity contribution in [3.05, 3.63) is 28.7 Å². The normalized spacial score (nSPS) is 15.6. The monoisotopic (exact) mass is 355 g/mol. The molecule has 1 aliphatic rings. The van der Waals surface area contributed by atoms with Crippen molar-refractivity contribution in [2.75, 3.05) is 26.8 Å². The number of hydrogen-bond acceptors (Lipinski definition) is 4. The molecule has 21 heavy (non-hydrogen) atoms. The average Bonchev–Trinajstić information content (AvgIpc) is 2.52. The summed E-state index contributed by atoms with van der Waals surface area (Å²) in [7, 11) is 1.39. The highest BCUT2D eigenvalue weighted by molar-refractivity contribution is 9.10. The van der Waals surface area contributed by atoms with Gasteiger partial charge in [0.25, 0.3) is 5.91 Å². The van der Waals surface area contributed by atoms with Crippen molar-refractivity contribution in [3.63, 3.8) is 0 Å². The van der Waals surface area contributed by atoms with Crippen LogP contribution in [0.4, 0.5) is 0 Å². The van der Waals surface area contributed by atoms with Gasteiger partial charge in [-0.05, 0) is 31.0 Å². The van der Waals surface area contributed by atoms with Crippen molar-refractivity contribution in [2.45, 2.75) is 12.8 Å². The fraction of sp³-hybridized carbons (Fsp3) is 0.467. The molecule has 1 amide bonds. The number of rotatable bonds is 4. The summed E-state index contributed by atoms with van der Waals surface area (Å²) < 4.78 is 11.1. The summed E-state index contributed by atoms with van der Waals surface area (Å²) >= 11 is 3.35. The number of benzene rings is 1. The molecular weight excluding hydrogens is 338 g/mol. The van der Waals surface area contributed by atoms with E-state index in [2.05, 4.69) is 15.9 Å². The minimum absolute atomic E-state index is 0.0132. The molecule has 1 heterocycles. The maximum absolute atomic E-state index is 12.1. The summed E-state index contributed by atoms with van der Waals surface area (Å²) in [6.07, 6.45) is 1.30. The molecule has 6 heteroatoms. The molecule has 0 spiro atoms. The van der Waals surface area contributed by atoms with Gasteiger partial charge in [-0.15, -0.1) is 0 Å². The Labute approximate surface area is 132 Å². The molecule has 0 N–H and O–H groups in total. The number of piperidine rings is 1. The molecule has 114 valence electrons. The molecule has 1 aliphatic heterocycles. The van der Waals surface area contributed by atoms with Crippen molar-refractivity contribution in [3.8, 4) is 5.75 Å². The SMILES string of the molecule is COC(=O)C1CCN(C(=O)COc2cccc(Br)c2)CC1. The standard InChI is InChI=1S/C15H18BrNO4/c1-20-15(19)11-5-7-17(8-6-11)14(18)10-21-13-4-2-3-12(16)9-13/h2-4,9,11H,5-8,10H2,1H3. The second-order valence-electron chi connectivity index (χ2n) is 4.92. The van der Waals surface area contributed by atoms with Crippen LogP contribution in [0.25, 0.3) is 0 Å². The Hall–Kier alpha value is -1.56. The molecule has 1 aromatic carbocycles. The lowest BCUT2D eigenvalue weighted by Crippen LogP contribution is -2.42. The van der Waals surface area contributed by atoms with Crippen LogP contribution < -0.4 is 4.74 Å². The lowest BCUT2D eigenvalue weighted by molar-refractivity contribution is -0.149. The largest absolute Gasteiger partial charge is 0.484 e. The first-order chi connectivity index (χ1) is 10.1. The minimum Gasteiger partial charge on any atom is -0.484 e. The van der Waals surface area contributed by atoms with E-state index in [1.54, 1.807) is 4.90 Å². The fourth-order valence-corrected chi connectivity index (χ4v) is 2.70. The smallest absolute Gasteiger partial charge is 0.308 e. The highest BCUT2D eigenvalue weighted by atomic mass is 79.9. The van der Waals surface area contributed by atoms with Crippen LogP contribution in [0.1, 0.15) is 12.8 Å². The van der Waals surface area contributed by atoms with E-state index in [0.717, 1.165) is 4.47 Å². The van der Waals surface area contributed by atoms with Crippen LogP contribution in [0.5, 0.6) is 5.75 Å². The van der Waals surface area contributed by atoms with Crippen molar-refractivity contribution < 1.29 is 19.1 Å². The average molecular weight is 356 g/mol. The maximum atomic E-state index is 12.1. The summed E-state index contributed by atoms with van der Waals surface area (Å²) in [5.41, 5.74) is 0. The second-order valence-corrected chi connectivity index (χ2v) is 5.84. The van der Waals surface area contributed by atoms with Crippen molar-refractivity contribution >= 4 is 27.8 Å². The van der Waals surface area contributed by atoms with Crippen molar-refractivity contribution in [1.29, 1.82) is 0 Å². The Morgan fingerprint density at radius 1 is 1.33 bits per heavy atom. The van der Waals surface area contributed by atoms with Crippen LogP contribution in [0.15, 0.2) is 28.7 Å². The number of esters is 1. The summed E-state index contributed by atoms with van der Waals surface area (Å²) in [5.74, 6) is 0.318. The van der Waals surface area contributed by atoms with Crippen LogP contribution in [-0.2, 0) is 14.3 Å². The Balaban J connectivity index is 1.78. The molecule has 1 saturated heterocycles. The van der Waals surface area contributed by atoms with E-state index in [4.69, 9.17) is 9.47 Å². The van der Waals surface area contributed by atoms with E-state index in [1.807, 2.05) is 24.3 Å². The molecule has 0 aliphatic carbocycles. The molecule has 5 nitrogen and oxygen atoms in total. The molecule has 0 radical (unpaired) electrons. The molecule has 1 fully saturated rings. The third kappa shape index (κ3) is 4.46. The number of amides is 1. The number of methoxy groups -OCH3 is 1. The zero-order chi connectivity index (χ0) is 15.2. The van der Waals surface area contributed by atoms with Gasteiger partial charge in [-0.2, -0.15) is 0 Å². The van der Waals surface area contributed by atoms with E-state index in [9.17, 15) is 9.59 Å². The minimum atomic E-state index is -0.188. The van der Waals surface area contributed by atoms with Crippen LogP contribution >= 0.6 is 15.9 Å². The number of ether oxygens (including phenoxy) is 2. The van der Waals surface area contributed by atoms with Gasteiger partial charge < -0.3 is 14.4 Å².